The average Bonchev–Trinajstić information content (AvgIpc) is 2.49. The highest BCUT2D eigenvalue weighted by atomic mass is 16.1. The summed E-state index contributed by atoms with van der Waals surface area (Å²) in [5, 5.41) is 0. The smallest absolute Gasteiger partial charge is 0.221 e. The number of primary amides is 1. The lowest BCUT2D eigenvalue weighted by Crippen LogP contribution is -2.41. The highest BCUT2D eigenvalue weighted by Crippen LogP contribution is 2.17. The van der Waals surface area contributed by atoms with E-state index >= 15 is 0 Å². The van der Waals surface area contributed by atoms with Gasteiger partial charge in [-0.05, 0) is 32.4 Å². The van der Waals surface area contributed by atoms with Gasteiger partial charge in [0.25, 0.3) is 0 Å². The molecule has 2 N–H and O–H groups in total. The van der Waals surface area contributed by atoms with Crippen LogP contribution in [0.25, 0.3) is 0 Å². The van der Waals surface area contributed by atoms with Crippen LogP contribution in [0.5, 0.6) is 0 Å². The predicted molar refractivity (Wildman–Crippen MR) is 90.2 cm³/mol. The molecule has 3 heteroatoms. The molecule has 1 fully saturated rings. The maximum atomic E-state index is 11.2. The van der Waals surface area contributed by atoms with Crippen LogP contribution < -0.4 is 5.73 Å². The number of hydrogen-bond acceptors (Lipinski definition) is 2. The molecule has 0 saturated carbocycles. The molecule has 1 aliphatic rings. The SMILES string of the molecule is CCCCCCCCCCCCN1CCC[C@@H](C(N)=O)C1. The van der Waals surface area contributed by atoms with Gasteiger partial charge in [-0.25, -0.2) is 0 Å². The first kappa shape index (κ1) is 18.5. The van der Waals surface area contributed by atoms with Crippen molar-refractivity contribution in [2.75, 3.05) is 19.6 Å². The van der Waals surface area contributed by atoms with Gasteiger partial charge < -0.3 is 10.6 Å². The number of nitrogens with two attached hydrogens (primary N) is 1. The number of likely N-dealkylation sites (tertiary alicyclic amines) is 1. The van der Waals surface area contributed by atoms with E-state index in [0.29, 0.717) is 0 Å². The molecule has 3 nitrogen and oxygen atoms in total. The second-order valence-electron chi connectivity index (χ2n) is 6.72. The van der Waals surface area contributed by atoms with Crippen LogP contribution in [0.2, 0.25) is 0 Å². The van der Waals surface area contributed by atoms with E-state index in [-0.39, 0.29) is 11.8 Å². The van der Waals surface area contributed by atoms with Crippen LogP contribution in [0.4, 0.5) is 0 Å². The lowest BCUT2D eigenvalue weighted by molar-refractivity contribution is -0.123. The Morgan fingerprint density at radius 3 is 2.14 bits per heavy atom. The van der Waals surface area contributed by atoms with Crippen molar-refractivity contribution < 1.29 is 4.79 Å². The van der Waals surface area contributed by atoms with Gasteiger partial charge in [-0.15, -0.1) is 0 Å². The van der Waals surface area contributed by atoms with Crippen LogP contribution in [-0.4, -0.2) is 30.4 Å². The standard InChI is InChI=1S/C18H36N2O/c1-2-3-4-5-6-7-8-9-10-11-14-20-15-12-13-17(16-20)18(19)21/h17H,2-16H2,1H3,(H2,19,21)/t17-/m1/s1. The Morgan fingerprint density at radius 1 is 1.00 bits per heavy atom. The van der Waals surface area contributed by atoms with E-state index in [0.717, 1.165) is 32.5 Å². The van der Waals surface area contributed by atoms with Crippen LogP contribution in [0.3, 0.4) is 0 Å². The van der Waals surface area contributed by atoms with Gasteiger partial charge in [-0.1, -0.05) is 64.7 Å². The number of amides is 1. The van der Waals surface area contributed by atoms with Gasteiger partial charge in [-0.3, -0.25) is 4.79 Å². The van der Waals surface area contributed by atoms with E-state index in [1.807, 2.05) is 0 Å². The van der Waals surface area contributed by atoms with Crippen LogP contribution >= 0.6 is 0 Å². The number of carbonyl (C=O) groups is 1. The summed E-state index contributed by atoms with van der Waals surface area (Å²) in [5.41, 5.74) is 5.42. The minimum atomic E-state index is -0.109. The van der Waals surface area contributed by atoms with Crippen molar-refractivity contribution in [3.05, 3.63) is 0 Å². The summed E-state index contributed by atoms with van der Waals surface area (Å²) < 4.78 is 0. The van der Waals surface area contributed by atoms with Gasteiger partial charge in [-0.2, -0.15) is 0 Å². The number of nitrogens with zero attached hydrogens (tertiary/aromatic N) is 1. The molecule has 0 bridgehead atoms. The fraction of sp³-hybridized carbons (Fsp3) is 0.944. The van der Waals surface area contributed by atoms with Crippen molar-refractivity contribution in [3.8, 4) is 0 Å². The average molecular weight is 296 g/mol. The number of unbranched alkanes of at least 4 members (excludes halogenated alkanes) is 9. The van der Waals surface area contributed by atoms with Gasteiger partial charge in [0.2, 0.25) is 5.91 Å². The largest absolute Gasteiger partial charge is 0.369 e. The quantitative estimate of drug-likeness (QED) is 0.551. The third-order valence-corrected chi connectivity index (χ3v) is 4.74. The van der Waals surface area contributed by atoms with Gasteiger partial charge in [0, 0.05) is 6.54 Å². The van der Waals surface area contributed by atoms with Crippen LogP contribution in [0.15, 0.2) is 0 Å². The van der Waals surface area contributed by atoms with Crippen molar-refractivity contribution in [1.29, 1.82) is 0 Å². The zero-order valence-corrected chi connectivity index (χ0v) is 14.1. The second-order valence-corrected chi connectivity index (χ2v) is 6.72. The summed E-state index contributed by atoms with van der Waals surface area (Å²) in [4.78, 5) is 13.7. The van der Waals surface area contributed by atoms with Crippen LogP contribution in [0.1, 0.15) is 84.0 Å². The van der Waals surface area contributed by atoms with E-state index in [9.17, 15) is 4.79 Å². The van der Waals surface area contributed by atoms with Crippen molar-refractivity contribution in [3.63, 3.8) is 0 Å². The third kappa shape index (κ3) is 9.13. The third-order valence-electron chi connectivity index (χ3n) is 4.74. The maximum Gasteiger partial charge on any atom is 0.221 e. The molecule has 1 aliphatic heterocycles. The van der Waals surface area contributed by atoms with Gasteiger partial charge in [0.1, 0.15) is 0 Å². The van der Waals surface area contributed by atoms with E-state index in [2.05, 4.69) is 11.8 Å². The fourth-order valence-corrected chi connectivity index (χ4v) is 3.31. The first-order valence-electron chi connectivity index (χ1n) is 9.25. The van der Waals surface area contributed by atoms with Crippen molar-refractivity contribution >= 4 is 5.91 Å². The maximum absolute atomic E-state index is 11.2. The lowest BCUT2D eigenvalue weighted by atomic mass is 9.97. The molecule has 0 aliphatic carbocycles. The molecule has 0 aromatic heterocycles. The first-order chi connectivity index (χ1) is 10.2. The summed E-state index contributed by atoms with van der Waals surface area (Å²) in [5.74, 6) is -0.00959. The number of hydrogen-bond donors (Lipinski definition) is 1. The minimum Gasteiger partial charge on any atom is -0.369 e. The van der Waals surface area contributed by atoms with E-state index in [4.69, 9.17) is 5.73 Å². The zero-order chi connectivity index (χ0) is 15.3. The Balaban J connectivity index is 1.89. The molecule has 0 aromatic rings. The van der Waals surface area contributed by atoms with Crippen molar-refractivity contribution in [1.82, 2.24) is 4.90 Å². The summed E-state index contributed by atoms with van der Waals surface area (Å²) >= 11 is 0. The van der Waals surface area contributed by atoms with E-state index in [1.165, 1.54) is 64.2 Å². The van der Waals surface area contributed by atoms with E-state index < -0.39 is 0 Å². The molecular weight excluding hydrogens is 260 g/mol. The summed E-state index contributed by atoms with van der Waals surface area (Å²) in [6.45, 7) is 5.47. The molecule has 0 spiro atoms. The molecule has 0 aromatic carbocycles. The van der Waals surface area contributed by atoms with Crippen LogP contribution in [0, 0.1) is 5.92 Å². The zero-order valence-electron chi connectivity index (χ0n) is 14.1. The monoisotopic (exact) mass is 296 g/mol. The molecule has 0 radical (unpaired) electrons. The van der Waals surface area contributed by atoms with Gasteiger partial charge >= 0.3 is 0 Å². The molecular formula is C18H36N2O. The Kier molecular flexibility index (Phi) is 10.6. The number of carbonyl (C=O) groups excluding carboxylic acids is 1. The summed E-state index contributed by atoms with van der Waals surface area (Å²) in [6, 6.07) is 0. The Hall–Kier alpha value is -0.570. The van der Waals surface area contributed by atoms with Crippen molar-refractivity contribution in [2.45, 2.75) is 84.0 Å². The fourth-order valence-electron chi connectivity index (χ4n) is 3.31. The second kappa shape index (κ2) is 12.0. The molecule has 21 heavy (non-hydrogen) atoms. The van der Waals surface area contributed by atoms with Gasteiger partial charge in [0.15, 0.2) is 0 Å². The molecule has 1 rings (SSSR count). The minimum absolute atomic E-state index is 0.0990. The molecule has 0 unspecified atom stereocenters. The lowest BCUT2D eigenvalue weighted by Gasteiger charge is -2.31. The Morgan fingerprint density at radius 2 is 1.57 bits per heavy atom. The van der Waals surface area contributed by atoms with E-state index in [1.54, 1.807) is 0 Å². The molecule has 124 valence electrons. The number of rotatable bonds is 12. The van der Waals surface area contributed by atoms with Crippen molar-refractivity contribution in [2.24, 2.45) is 11.7 Å². The summed E-state index contributed by atoms with van der Waals surface area (Å²) in [6.07, 6.45) is 15.9. The highest BCUT2D eigenvalue weighted by Gasteiger charge is 2.23. The molecule has 1 amide bonds. The summed E-state index contributed by atoms with van der Waals surface area (Å²) in [7, 11) is 0. The Bertz CT molecular complexity index is 268. The normalized spacial score (nSPS) is 19.8. The first-order valence-corrected chi connectivity index (χ1v) is 9.25. The predicted octanol–water partition coefficient (Wildman–Crippen LogP) is 4.10. The van der Waals surface area contributed by atoms with Gasteiger partial charge in [0.05, 0.1) is 5.92 Å². The highest BCUT2D eigenvalue weighted by molar-refractivity contribution is 5.76. The molecule has 1 atom stereocenters. The molecule has 1 saturated heterocycles. The molecule has 1 heterocycles. The number of piperidine rings is 1. The Labute approximate surface area is 131 Å². The topological polar surface area (TPSA) is 46.3 Å². The van der Waals surface area contributed by atoms with Crippen LogP contribution in [-0.2, 0) is 4.79 Å².